The van der Waals surface area contributed by atoms with Crippen molar-refractivity contribution in [1.82, 2.24) is 0 Å². The first-order chi connectivity index (χ1) is 10.0. The highest BCUT2D eigenvalue weighted by atomic mass is 35.5. The Hall–Kier alpha value is -1.82. The molecule has 6 nitrogen and oxygen atoms in total. The Morgan fingerprint density at radius 3 is 2.71 bits per heavy atom. The Bertz CT molecular complexity index is 542. The summed E-state index contributed by atoms with van der Waals surface area (Å²) in [7, 11) is 0. The summed E-state index contributed by atoms with van der Waals surface area (Å²) < 4.78 is 5.02. The standard InChI is InChI=1S/C14H17ClN2O4/c1-2-21-14(18)10-5-7-16(8-6-10)13-9-11(15)3-4-12(13)17(19)20/h3-4,9-10H,2,5-8H2,1H3. The van der Waals surface area contributed by atoms with Crippen molar-refractivity contribution in [3.63, 3.8) is 0 Å². The van der Waals surface area contributed by atoms with E-state index in [0.717, 1.165) is 0 Å². The van der Waals surface area contributed by atoms with Crippen LogP contribution in [-0.2, 0) is 9.53 Å². The molecule has 21 heavy (non-hydrogen) atoms. The van der Waals surface area contributed by atoms with Gasteiger partial charge in [0.2, 0.25) is 0 Å². The predicted octanol–water partition coefficient (Wildman–Crippen LogP) is 3.03. The first-order valence-electron chi connectivity index (χ1n) is 6.88. The summed E-state index contributed by atoms with van der Waals surface area (Å²) >= 11 is 5.94. The smallest absolute Gasteiger partial charge is 0.309 e. The SMILES string of the molecule is CCOC(=O)C1CCN(c2cc(Cl)ccc2[N+](=O)[O-])CC1. The number of rotatable bonds is 4. The number of benzene rings is 1. The van der Waals surface area contributed by atoms with E-state index < -0.39 is 4.92 Å². The highest BCUT2D eigenvalue weighted by molar-refractivity contribution is 6.31. The normalized spacial score (nSPS) is 15.8. The van der Waals surface area contributed by atoms with Crippen LogP contribution in [-0.4, -0.2) is 30.6 Å². The van der Waals surface area contributed by atoms with E-state index in [9.17, 15) is 14.9 Å². The molecule has 0 spiro atoms. The second-order valence-corrected chi connectivity index (χ2v) is 5.34. The minimum atomic E-state index is -0.414. The van der Waals surface area contributed by atoms with Crippen LogP contribution in [0, 0.1) is 16.0 Å². The summed E-state index contributed by atoms with van der Waals surface area (Å²) in [6, 6.07) is 4.52. The number of ether oxygens (including phenoxy) is 1. The van der Waals surface area contributed by atoms with Crippen molar-refractivity contribution in [2.24, 2.45) is 5.92 Å². The number of nitro benzene ring substituents is 1. The summed E-state index contributed by atoms with van der Waals surface area (Å²) in [6.07, 6.45) is 1.25. The van der Waals surface area contributed by atoms with Crippen LogP contribution in [0.2, 0.25) is 5.02 Å². The highest BCUT2D eigenvalue weighted by Gasteiger charge is 2.29. The number of hydrogen-bond donors (Lipinski definition) is 0. The zero-order valence-corrected chi connectivity index (χ0v) is 12.5. The zero-order chi connectivity index (χ0) is 15.4. The quantitative estimate of drug-likeness (QED) is 0.485. The number of nitro groups is 1. The molecule has 1 aliphatic heterocycles. The second-order valence-electron chi connectivity index (χ2n) is 4.90. The lowest BCUT2D eigenvalue weighted by Crippen LogP contribution is -2.37. The van der Waals surface area contributed by atoms with Crippen LogP contribution in [0.25, 0.3) is 0 Å². The van der Waals surface area contributed by atoms with E-state index in [2.05, 4.69) is 0 Å². The van der Waals surface area contributed by atoms with Gasteiger partial charge >= 0.3 is 5.97 Å². The lowest BCUT2D eigenvalue weighted by Gasteiger charge is -2.32. The van der Waals surface area contributed by atoms with E-state index in [-0.39, 0.29) is 17.6 Å². The molecule has 0 bridgehead atoms. The predicted molar refractivity (Wildman–Crippen MR) is 79.7 cm³/mol. The third kappa shape index (κ3) is 3.64. The van der Waals surface area contributed by atoms with Crippen molar-refractivity contribution < 1.29 is 14.5 Å². The molecule has 1 heterocycles. The Labute approximate surface area is 127 Å². The molecule has 114 valence electrons. The number of carbonyl (C=O) groups excluding carboxylic acids is 1. The first-order valence-corrected chi connectivity index (χ1v) is 7.26. The van der Waals surface area contributed by atoms with Gasteiger partial charge in [-0.2, -0.15) is 0 Å². The molecule has 2 rings (SSSR count). The van der Waals surface area contributed by atoms with Gasteiger partial charge < -0.3 is 9.64 Å². The Morgan fingerprint density at radius 2 is 2.14 bits per heavy atom. The van der Waals surface area contributed by atoms with Crippen molar-refractivity contribution in [2.45, 2.75) is 19.8 Å². The molecule has 0 amide bonds. The molecule has 0 aromatic heterocycles. The number of halogens is 1. The molecule has 1 saturated heterocycles. The second kappa shape index (κ2) is 6.76. The number of nitrogens with zero attached hydrogens (tertiary/aromatic N) is 2. The van der Waals surface area contributed by atoms with Gasteiger partial charge in [-0.3, -0.25) is 14.9 Å². The van der Waals surface area contributed by atoms with Gasteiger partial charge in [0.1, 0.15) is 5.69 Å². The minimum absolute atomic E-state index is 0.0361. The molecule has 0 radical (unpaired) electrons. The van der Waals surface area contributed by atoms with E-state index in [1.807, 2.05) is 4.90 Å². The number of carbonyl (C=O) groups is 1. The molecular weight excluding hydrogens is 296 g/mol. The van der Waals surface area contributed by atoms with Crippen molar-refractivity contribution in [2.75, 3.05) is 24.6 Å². The fraction of sp³-hybridized carbons (Fsp3) is 0.500. The average Bonchev–Trinajstić information content (AvgIpc) is 2.47. The van der Waals surface area contributed by atoms with Crippen LogP contribution in [0.5, 0.6) is 0 Å². The van der Waals surface area contributed by atoms with Crippen molar-refractivity contribution in [1.29, 1.82) is 0 Å². The summed E-state index contributed by atoms with van der Waals surface area (Å²) in [5.74, 6) is -0.308. The van der Waals surface area contributed by atoms with Crippen molar-refractivity contribution in [3.05, 3.63) is 33.3 Å². The van der Waals surface area contributed by atoms with E-state index in [0.29, 0.717) is 43.2 Å². The van der Waals surface area contributed by atoms with Gasteiger partial charge in [0.15, 0.2) is 0 Å². The molecule has 0 N–H and O–H groups in total. The van der Waals surface area contributed by atoms with Crippen LogP contribution in [0.1, 0.15) is 19.8 Å². The Balaban J connectivity index is 2.10. The number of esters is 1. The highest BCUT2D eigenvalue weighted by Crippen LogP contribution is 2.33. The number of hydrogen-bond acceptors (Lipinski definition) is 5. The molecule has 7 heteroatoms. The van der Waals surface area contributed by atoms with Gasteiger partial charge in [0.25, 0.3) is 5.69 Å². The molecule has 0 aliphatic carbocycles. The van der Waals surface area contributed by atoms with Gasteiger partial charge in [-0.1, -0.05) is 11.6 Å². The lowest BCUT2D eigenvalue weighted by molar-refractivity contribution is -0.384. The maximum atomic E-state index is 11.7. The van der Waals surface area contributed by atoms with E-state index in [1.165, 1.54) is 12.1 Å². The third-order valence-electron chi connectivity index (χ3n) is 3.59. The van der Waals surface area contributed by atoms with E-state index in [4.69, 9.17) is 16.3 Å². The van der Waals surface area contributed by atoms with Crippen LogP contribution in [0.3, 0.4) is 0 Å². The largest absolute Gasteiger partial charge is 0.466 e. The van der Waals surface area contributed by atoms with Crippen LogP contribution in [0.4, 0.5) is 11.4 Å². The number of anilines is 1. The zero-order valence-electron chi connectivity index (χ0n) is 11.8. The summed E-state index contributed by atoms with van der Waals surface area (Å²) in [6.45, 7) is 3.30. The van der Waals surface area contributed by atoms with Gasteiger partial charge in [-0.25, -0.2) is 0 Å². The molecule has 0 unspecified atom stereocenters. The number of piperidine rings is 1. The average molecular weight is 313 g/mol. The first kappa shape index (κ1) is 15.6. The Morgan fingerprint density at radius 1 is 1.48 bits per heavy atom. The van der Waals surface area contributed by atoms with Crippen LogP contribution in [0.15, 0.2) is 18.2 Å². The molecule has 1 aromatic carbocycles. The van der Waals surface area contributed by atoms with Gasteiger partial charge in [0.05, 0.1) is 17.4 Å². The molecule has 1 fully saturated rings. The van der Waals surface area contributed by atoms with Gasteiger partial charge in [0, 0.05) is 24.2 Å². The maximum Gasteiger partial charge on any atom is 0.309 e. The molecule has 0 saturated carbocycles. The van der Waals surface area contributed by atoms with Gasteiger partial charge in [-0.05, 0) is 31.9 Å². The fourth-order valence-corrected chi connectivity index (χ4v) is 2.69. The maximum absolute atomic E-state index is 11.7. The Kier molecular flexibility index (Phi) is 5.01. The monoisotopic (exact) mass is 312 g/mol. The molecule has 1 aromatic rings. The topological polar surface area (TPSA) is 72.7 Å². The summed E-state index contributed by atoms with van der Waals surface area (Å²) in [4.78, 5) is 24.3. The fourth-order valence-electron chi connectivity index (χ4n) is 2.52. The molecular formula is C14H17ClN2O4. The summed E-state index contributed by atoms with van der Waals surface area (Å²) in [5, 5.41) is 11.6. The lowest BCUT2D eigenvalue weighted by atomic mass is 9.96. The minimum Gasteiger partial charge on any atom is -0.466 e. The van der Waals surface area contributed by atoms with E-state index in [1.54, 1.807) is 13.0 Å². The third-order valence-corrected chi connectivity index (χ3v) is 3.82. The van der Waals surface area contributed by atoms with Crippen LogP contribution < -0.4 is 4.90 Å². The van der Waals surface area contributed by atoms with Crippen molar-refractivity contribution in [3.8, 4) is 0 Å². The van der Waals surface area contributed by atoms with Gasteiger partial charge in [-0.15, -0.1) is 0 Å². The van der Waals surface area contributed by atoms with E-state index >= 15 is 0 Å². The van der Waals surface area contributed by atoms with Crippen LogP contribution >= 0.6 is 11.6 Å². The summed E-state index contributed by atoms with van der Waals surface area (Å²) in [5.41, 5.74) is 0.545. The van der Waals surface area contributed by atoms with Crippen molar-refractivity contribution >= 4 is 28.9 Å². The molecule has 0 atom stereocenters. The molecule has 1 aliphatic rings.